The molecule has 0 N–H and O–H groups in total. The van der Waals surface area contributed by atoms with Gasteiger partial charge in [-0.25, -0.2) is 4.79 Å². The van der Waals surface area contributed by atoms with Gasteiger partial charge in [-0.3, -0.25) is 0 Å². The molecule has 0 radical (unpaired) electrons. The number of unbranched alkanes of at least 4 members (excludes halogenated alkanes) is 8. The molecule has 0 rings (SSSR count). The zero-order chi connectivity index (χ0) is 14.3. The first kappa shape index (κ1) is 18.2. The van der Waals surface area contributed by atoms with Crippen molar-refractivity contribution in [3.8, 4) is 0 Å². The smallest absolute Gasteiger partial charge is 0.333 e. The first-order chi connectivity index (χ1) is 9.22. The van der Waals surface area contributed by atoms with Crippen molar-refractivity contribution in [2.24, 2.45) is 0 Å². The maximum atomic E-state index is 11.5. The van der Waals surface area contributed by atoms with Gasteiger partial charge in [0.25, 0.3) is 0 Å². The molecule has 0 atom stereocenters. The van der Waals surface area contributed by atoms with Crippen LogP contribution in [0.1, 0.15) is 84.5 Å². The number of hydrogen-bond donors (Lipinski definition) is 0. The van der Waals surface area contributed by atoms with Crippen molar-refractivity contribution in [3.63, 3.8) is 0 Å². The molecule has 19 heavy (non-hydrogen) atoms. The monoisotopic (exact) mass is 268 g/mol. The van der Waals surface area contributed by atoms with Gasteiger partial charge in [-0.05, 0) is 19.3 Å². The van der Waals surface area contributed by atoms with Gasteiger partial charge in [0, 0.05) is 5.57 Å². The Labute approximate surface area is 119 Å². The molecule has 0 aromatic rings. The van der Waals surface area contributed by atoms with E-state index in [1.165, 1.54) is 44.9 Å². The van der Waals surface area contributed by atoms with Gasteiger partial charge in [0.05, 0.1) is 6.61 Å². The van der Waals surface area contributed by atoms with Crippen LogP contribution in [0, 0.1) is 0 Å². The lowest BCUT2D eigenvalue weighted by Gasteiger charge is -2.06. The van der Waals surface area contributed by atoms with Crippen LogP contribution in [0.25, 0.3) is 0 Å². The number of esters is 1. The molecule has 0 aliphatic carbocycles. The first-order valence-electron chi connectivity index (χ1n) is 8.07. The van der Waals surface area contributed by atoms with Gasteiger partial charge >= 0.3 is 5.97 Å². The second-order valence-electron chi connectivity index (χ2n) is 5.32. The van der Waals surface area contributed by atoms with Crippen molar-refractivity contribution in [1.82, 2.24) is 0 Å². The van der Waals surface area contributed by atoms with E-state index >= 15 is 0 Å². The highest BCUT2D eigenvalue weighted by molar-refractivity contribution is 5.87. The third-order valence-electron chi connectivity index (χ3n) is 3.35. The maximum Gasteiger partial charge on any atom is 0.333 e. The Kier molecular flexibility index (Phi) is 13.1. The molecule has 0 heterocycles. The summed E-state index contributed by atoms with van der Waals surface area (Å²) in [6.07, 6.45) is 13.0. The second-order valence-corrected chi connectivity index (χ2v) is 5.32. The molecule has 0 saturated carbocycles. The molecular formula is C17H32O2. The molecule has 0 bridgehead atoms. The zero-order valence-electron chi connectivity index (χ0n) is 13.0. The van der Waals surface area contributed by atoms with Gasteiger partial charge in [-0.1, -0.05) is 71.8 Å². The van der Waals surface area contributed by atoms with Crippen molar-refractivity contribution >= 4 is 5.97 Å². The fraction of sp³-hybridized carbons (Fsp3) is 0.824. The summed E-state index contributed by atoms with van der Waals surface area (Å²) in [5.41, 5.74) is 0.626. The highest BCUT2D eigenvalue weighted by atomic mass is 16.5. The Morgan fingerprint density at radius 1 is 0.842 bits per heavy atom. The molecule has 112 valence electrons. The van der Waals surface area contributed by atoms with Gasteiger partial charge in [0.1, 0.15) is 0 Å². The molecule has 0 aliphatic heterocycles. The summed E-state index contributed by atoms with van der Waals surface area (Å²) in [4.78, 5) is 11.5. The minimum Gasteiger partial charge on any atom is -0.462 e. The predicted octanol–water partition coefficient (Wildman–Crippen LogP) is 5.42. The molecule has 0 saturated heterocycles. The van der Waals surface area contributed by atoms with Crippen LogP contribution in [0.2, 0.25) is 0 Å². The largest absolute Gasteiger partial charge is 0.462 e. The molecular weight excluding hydrogens is 236 g/mol. The molecule has 0 aromatic carbocycles. The lowest BCUT2D eigenvalue weighted by atomic mass is 10.1. The van der Waals surface area contributed by atoms with Crippen LogP contribution in [0.5, 0.6) is 0 Å². The Bertz CT molecular complexity index is 233. The third-order valence-corrected chi connectivity index (χ3v) is 3.35. The van der Waals surface area contributed by atoms with Crippen molar-refractivity contribution in [1.29, 1.82) is 0 Å². The Hall–Kier alpha value is -0.790. The van der Waals surface area contributed by atoms with Crippen LogP contribution < -0.4 is 0 Å². The van der Waals surface area contributed by atoms with Crippen molar-refractivity contribution < 1.29 is 9.53 Å². The van der Waals surface area contributed by atoms with Gasteiger partial charge in [-0.2, -0.15) is 0 Å². The Morgan fingerprint density at radius 2 is 1.37 bits per heavy atom. The summed E-state index contributed by atoms with van der Waals surface area (Å²) in [6.45, 7) is 8.68. The van der Waals surface area contributed by atoms with E-state index in [0.717, 1.165) is 25.7 Å². The number of carbonyl (C=O) groups is 1. The van der Waals surface area contributed by atoms with Crippen LogP contribution in [0.15, 0.2) is 12.2 Å². The van der Waals surface area contributed by atoms with E-state index < -0.39 is 0 Å². The Balaban J connectivity index is 3.29. The van der Waals surface area contributed by atoms with Gasteiger partial charge in [0.15, 0.2) is 0 Å². The first-order valence-corrected chi connectivity index (χ1v) is 8.07. The summed E-state index contributed by atoms with van der Waals surface area (Å²) in [5.74, 6) is -0.198. The standard InChI is InChI=1S/C17H32O2/c1-4-6-8-9-10-11-12-13-15-19-17(18)16(3)14-7-5-2/h3-15H2,1-2H3. The van der Waals surface area contributed by atoms with E-state index in [-0.39, 0.29) is 5.97 Å². The number of ether oxygens (including phenoxy) is 1. The predicted molar refractivity (Wildman–Crippen MR) is 82.2 cm³/mol. The highest BCUT2D eigenvalue weighted by Crippen LogP contribution is 2.10. The second kappa shape index (κ2) is 13.6. The molecule has 0 amide bonds. The van der Waals surface area contributed by atoms with Gasteiger partial charge in [-0.15, -0.1) is 0 Å². The van der Waals surface area contributed by atoms with E-state index in [1.54, 1.807) is 0 Å². The SMILES string of the molecule is C=C(CCCC)C(=O)OCCCCCCCCCC. The molecule has 0 aromatic heterocycles. The van der Waals surface area contributed by atoms with Gasteiger partial charge < -0.3 is 4.74 Å². The van der Waals surface area contributed by atoms with E-state index in [0.29, 0.717) is 12.2 Å². The summed E-state index contributed by atoms with van der Waals surface area (Å²) in [5, 5.41) is 0. The Morgan fingerprint density at radius 3 is 1.95 bits per heavy atom. The summed E-state index contributed by atoms with van der Waals surface area (Å²) in [7, 11) is 0. The van der Waals surface area contributed by atoms with Crippen LogP contribution in [-0.2, 0) is 9.53 Å². The summed E-state index contributed by atoms with van der Waals surface area (Å²) >= 11 is 0. The third kappa shape index (κ3) is 12.0. The van der Waals surface area contributed by atoms with Crippen molar-refractivity contribution in [2.45, 2.75) is 84.5 Å². The molecule has 0 aliphatic rings. The van der Waals surface area contributed by atoms with Gasteiger partial charge in [0.2, 0.25) is 0 Å². The van der Waals surface area contributed by atoms with E-state index in [1.807, 2.05) is 0 Å². The molecule has 2 nitrogen and oxygen atoms in total. The topological polar surface area (TPSA) is 26.3 Å². The van der Waals surface area contributed by atoms with E-state index in [9.17, 15) is 4.79 Å². The van der Waals surface area contributed by atoms with Crippen molar-refractivity contribution in [2.75, 3.05) is 6.61 Å². The summed E-state index contributed by atoms with van der Waals surface area (Å²) in [6, 6.07) is 0. The molecule has 0 unspecified atom stereocenters. The number of rotatable bonds is 13. The van der Waals surface area contributed by atoms with Crippen molar-refractivity contribution in [3.05, 3.63) is 12.2 Å². The minimum absolute atomic E-state index is 0.198. The molecule has 0 fully saturated rings. The number of carbonyl (C=O) groups excluding carboxylic acids is 1. The number of hydrogen-bond acceptors (Lipinski definition) is 2. The maximum absolute atomic E-state index is 11.5. The quantitative estimate of drug-likeness (QED) is 0.253. The molecule has 0 spiro atoms. The average molecular weight is 268 g/mol. The lowest BCUT2D eigenvalue weighted by molar-refractivity contribution is -0.139. The fourth-order valence-corrected chi connectivity index (χ4v) is 2.00. The molecule has 2 heteroatoms. The van der Waals surface area contributed by atoms with E-state index in [4.69, 9.17) is 4.74 Å². The minimum atomic E-state index is -0.198. The zero-order valence-corrected chi connectivity index (χ0v) is 13.0. The summed E-state index contributed by atoms with van der Waals surface area (Å²) < 4.78 is 5.21. The average Bonchev–Trinajstić information content (AvgIpc) is 2.42. The fourth-order valence-electron chi connectivity index (χ4n) is 2.00. The van der Waals surface area contributed by atoms with Crippen LogP contribution in [0.4, 0.5) is 0 Å². The highest BCUT2D eigenvalue weighted by Gasteiger charge is 2.07. The normalized spacial score (nSPS) is 10.4. The lowest BCUT2D eigenvalue weighted by Crippen LogP contribution is -2.08. The van der Waals surface area contributed by atoms with E-state index in [2.05, 4.69) is 20.4 Å². The van der Waals surface area contributed by atoms with Crippen LogP contribution >= 0.6 is 0 Å². The van der Waals surface area contributed by atoms with Crippen LogP contribution in [-0.4, -0.2) is 12.6 Å². The van der Waals surface area contributed by atoms with Crippen LogP contribution in [0.3, 0.4) is 0 Å².